The van der Waals surface area contributed by atoms with Crippen LogP contribution >= 0.6 is 0 Å². The van der Waals surface area contributed by atoms with Crippen molar-refractivity contribution in [2.45, 2.75) is 78.7 Å². The van der Waals surface area contributed by atoms with Crippen molar-refractivity contribution in [1.29, 1.82) is 5.41 Å². The highest BCUT2D eigenvalue weighted by Crippen LogP contribution is 2.10. The fourth-order valence-electron chi connectivity index (χ4n) is 2.63. The van der Waals surface area contributed by atoms with Crippen molar-refractivity contribution in [1.82, 2.24) is 16.0 Å². The summed E-state index contributed by atoms with van der Waals surface area (Å²) < 4.78 is 10.5. The molecular formula is C22H43N5O5. The molecule has 10 heteroatoms. The standard InChI is InChI=1S/C22H43N5O5/c1-16(2)15-31-19(29)11-10-17(14-27-21(30)32-22(3,4)5)13-26-18(28)9-7-6-8-12-25-20(23)24/h16-17H,6-15H2,1-5H3,(H,26,28)(H,27,30)(H4,23,24,25). The summed E-state index contributed by atoms with van der Waals surface area (Å²) in [7, 11) is 0. The number of nitrogens with two attached hydrogens (primary N) is 1. The van der Waals surface area contributed by atoms with Gasteiger partial charge >= 0.3 is 12.1 Å². The lowest BCUT2D eigenvalue weighted by molar-refractivity contribution is -0.145. The van der Waals surface area contributed by atoms with Crippen LogP contribution in [0.1, 0.15) is 73.1 Å². The first-order valence-electron chi connectivity index (χ1n) is 11.4. The maximum Gasteiger partial charge on any atom is 0.407 e. The quantitative estimate of drug-likeness (QED) is 0.109. The normalized spacial score (nSPS) is 12.1. The van der Waals surface area contributed by atoms with E-state index in [9.17, 15) is 14.4 Å². The summed E-state index contributed by atoms with van der Waals surface area (Å²) in [5.41, 5.74) is 4.61. The zero-order valence-corrected chi connectivity index (χ0v) is 20.3. The number of carbonyl (C=O) groups excluding carboxylic acids is 3. The van der Waals surface area contributed by atoms with Gasteiger partial charge in [-0.15, -0.1) is 0 Å². The predicted octanol–water partition coefficient (Wildman–Crippen LogP) is 2.27. The Balaban J connectivity index is 4.43. The van der Waals surface area contributed by atoms with Crippen LogP contribution in [0.3, 0.4) is 0 Å². The molecule has 6 N–H and O–H groups in total. The van der Waals surface area contributed by atoms with Crippen LogP contribution in [0.15, 0.2) is 0 Å². The molecule has 1 atom stereocenters. The average Bonchev–Trinajstić information content (AvgIpc) is 2.66. The minimum Gasteiger partial charge on any atom is -0.465 e. The summed E-state index contributed by atoms with van der Waals surface area (Å²) in [5, 5.41) is 15.4. The van der Waals surface area contributed by atoms with Gasteiger partial charge in [-0.3, -0.25) is 15.0 Å². The largest absolute Gasteiger partial charge is 0.465 e. The molecule has 32 heavy (non-hydrogen) atoms. The third-order valence-corrected chi connectivity index (χ3v) is 4.25. The van der Waals surface area contributed by atoms with E-state index in [2.05, 4.69) is 16.0 Å². The van der Waals surface area contributed by atoms with Crippen LogP contribution in [-0.2, 0) is 19.1 Å². The van der Waals surface area contributed by atoms with Crippen molar-refractivity contribution in [3.8, 4) is 0 Å². The molecule has 0 aliphatic heterocycles. The van der Waals surface area contributed by atoms with E-state index in [1.165, 1.54) is 0 Å². The maximum absolute atomic E-state index is 12.1. The molecule has 0 aromatic rings. The van der Waals surface area contributed by atoms with Gasteiger partial charge in [0.1, 0.15) is 5.60 Å². The number of esters is 1. The predicted molar refractivity (Wildman–Crippen MR) is 124 cm³/mol. The van der Waals surface area contributed by atoms with Gasteiger partial charge in [-0.2, -0.15) is 0 Å². The van der Waals surface area contributed by atoms with E-state index < -0.39 is 11.7 Å². The Morgan fingerprint density at radius 2 is 1.62 bits per heavy atom. The fourth-order valence-corrected chi connectivity index (χ4v) is 2.63. The Kier molecular flexibility index (Phi) is 14.9. The van der Waals surface area contributed by atoms with E-state index in [1.54, 1.807) is 20.8 Å². The van der Waals surface area contributed by atoms with Crippen molar-refractivity contribution in [2.24, 2.45) is 17.6 Å². The second-order valence-corrected chi connectivity index (χ2v) is 9.32. The molecule has 1 unspecified atom stereocenters. The van der Waals surface area contributed by atoms with E-state index in [0.29, 0.717) is 32.5 Å². The number of rotatable bonds is 15. The Hall–Kier alpha value is -2.52. The summed E-state index contributed by atoms with van der Waals surface area (Å²) in [5.74, 6) is -0.276. The Labute approximate surface area is 192 Å². The lowest BCUT2D eigenvalue weighted by Gasteiger charge is -2.22. The van der Waals surface area contributed by atoms with Crippen LogP contribution in [0.25, 0.3) is 0 Å². The highest BCUT2D eigenvalue weighted by Gasteiger charge is 2.19. The van der Waals surface area contributed by atoms with Gasteiger partial charge in [0.15, 0.2) is 5.96 Å². The molecule has 0 saturated carbocycles. The van der Waals surface area contributed by atoms with Gasteiger partial charge in [-0.1, -0.05) is 20.3 Å². The van der Waals surface area contributed by atoms with Crippen molar-refractivity contribution < 1.29 is 23.9 Å². The summed E-state index contributed by atoms with van der Waals surface area (Å²) >= 11 is 0. The molecule has 0 spiro atoms. The monoisotopic (exact) mass is 457 g/mol. The SMILES string of the molecule is CC(C)COC(=O)CCC(CNC(=O)CCCCCNC(=N)N)CNC(=O)OC(C)(C)C. The number of unbranched alkanes of at least 4 members (excludes halogenated alkanes) is 2. The third-order valence-electron chi connectivity index (χ3n) is 4.25. The molecule has 0 bridgehead atoms. The molecule has 0 heterocycles. The molecule has 0 fully saturated rings. The second-order valence-electron chi connectivity index (χ2n) is 9.32. The molecular weight excluding hydrogens is 414 g/mol. The number of guanidine groups is 1. The lowest BCUT2D eigenvalue weighted by Crippen LogP contribution is -2.39. The molecule has 0 aliphatic rings. The highest BCUT2D eigenvalue weighted by molar-refractivity contribution is 5.76. The first-order valence-corrected chi connectivity index (χ1v) is 11.4. The van der Waals surface area contributed by atoms with Gasteiger partial charge < -0.3 is 31.2 Å². The van der Waals surface area contributed by atoms with Crippen LogP contribution in [0.5, 0.6) is 0 Å². The van der Waals surface area contributed by atoms with Crippen LogP contribution in [0, 0.1) is 17.2 Å². The molecule has 10 nitrogen and oxygen atoms in total. The molecule has 0 aromatic heterocycles. The number of carbonyl (C=O) groups is 3. The molecule has 2 amide bonds. The summed E-state index contributed by atoms with van der Waals surface area (Å²) in [6.07, 6.45) is 2.95. The number of amides is 2. The highest BCUT2D eigenvalue weighted by atomic mass is 16.6. The first kappa shape index (κ1) is 29.5. The number of nitrogens with one attached hydrogen (secondary N) is 4. The van der Waals surface area contributed by atoms with E-state index in [0.717, 1.165) is 19.3 Å². The minimum absolute atomic E-state index is 0.0538. The molecule has 0 aromatic carbocycles. The third kappa shape index (κ3) is 19.4. The van der Waals surface area contributed by atoms with Crippen molar-refractivity contribution in [3.63, 3.8) is 0 Å². The van der Waals surface area contributed by atoms with Crippen molar-refractivity contribution in [2.75, 3.05) is 26.2 Å². The van der Waals surface area contributed by atoms with Crippen LogP contribution in [0.4, 0.5) is 4.79 Å². The number of hydrogen-bond donors (Lipinski definition) is 5. The number of alkyl carbamates (subject to hydrolysis) is 1. The summed E-state index contributed by atoms with van der Waals surface area (Å²) in [6, 6.07) is 0. The Morgan fingerprint density at radius 3 is 2.22 bits per heavy atom. The Bertz CT molecular complexity index is 590. The van der Waals surface area contributed by atoms with E-state index in [1.807, 2.05) is 13.8 Å². The minimum atomic E-state index is -0.603. The summed E-state index contributed by atoms with van der Waals surface area (Å²) in [4.78, 5) is 36.0. The van der Waals surface area contributed by atoms with Gasteiger partial charge in [-0.05, 0) is 51.9 Å². The van der Waals surface area contributed by atoms with Gasteiger partial charge in [0.05, 0.1) is 6.61 Å². The Morgan fingerprint density at radius 1 is 0.969 bits per heavy atom. The van der Waals surface area contributed by atoms with Crippen LogP contribution in [-0.4, -0.2) is 55.8 Å². The maximum atomic E-state index is 12.1. The van der Waals surface area contributed by atoms with Gasteiger partial charge in [0.2, 0.25) is 5.91 Å². The van der Waals surface area contributed by atoms with Crippen molar-refractivity contribution in [3.05, 3.63) is 0 Å². The topological polar surface area (TPSA) is 156 Å². The molecule has 0 rings (SSSR count). The van der Waals surface area contributed by atoms with E-state index in [-0.39, 0.29) is 42.6 Å². The van der Waals surface area contributed by atoms with E-state index in [4.69, 9.17) is 20.6 Å². The average molecular weight is 458 g/mol. The van der Waals surface area contributed by atoms with Crippen LogP contribution < -0.4 is 21.7 Å². The van der Waals surface area contributed by atoms with Crippen molar-refractivity contribution >= 4 is 23.9 Å². The molecule has 0 saturated heterocycles. The van der Waals surface area contributed by atoms with Gasteiger partial charge in [0, 0.05) is 32.5 Å². The molecule has 0 radical (unpaired) electrons. The zero-order valence-electron chi connectivity index (χ0n) is 20.3. The van der Waals surface area contributed by atoms with Gasteiger partial charge in [-0.25, -0.2) is 4.79 Å². The van der Waals surface area contributed by atoms with Crippen LogP contribution in [0.2, 0.25) is 0 Å². The lowest BCUT2D eigenvalue weighted by atomic mass is 10.0. The first-order chi connectivity index (χ1) is 14.9. The van der Waals surface area contributed by atoms with E-state index >= 15 is 0 Å². The zero-order chi connectivity index (χ0) is 24.6. The summed E-state index contributed by atoms with van der Waals surface area (Å²) in [6.45, 7) is 10.9. The molecule has 186 valence electrons. The number of hydrogen-bond acceptors (Lipinski definition) is 6. The smallest absolute Gasteiger partial charge is 0.407 e. The second kappa shape index (κ2) is 16.2. The number of ether oxygens (including phenoxy) is 2. The fraction of sp³-hybridized carbons (Fsp3) is 0.818. The van der Waals surface area contributed by atoms with Gasteiger partial charge in [0.25, 0.3) is 0 Å². The molecule has 0 aliphatic carbocycles.